The van der Waals surface area contributed by atoms with Crippen LogP contribution in [0.3, 0.4) is 0 Å². The van der Waals surface area contributed by atoms with Gasteiger partial charge in [-0.1, -0.05) is 33.8 Å². The lowest BCUT2D eigenvalue weighted by molar-refractivity contribution is -0.113. The van der Waals surface area contributed by atoms with Gasteiger partial charge in [-0.05, 0) is 43.6 Å². The maximum atomic E-state index is 11.0. The van der Waals surface area contributed by atoms with Crippen molar-refractivity contribution in [3.8, 4) is 0 Å². The summed E-state index contributed by atoms with van der Waals surface area (Å²) in [4.78, 5) is 11.0. The molecule has 1 nitrogen and oxygen atoms in total. The van der Waals surface area contributed by atoms with Crippen LogP contribution in [0.2, 0.25) is 0 Å². The number of rotatable bonds is 4. The minimum absolute atomic E-state index is 0.188. The Balaban J connectivity index is 4.03. The number of carbonyl (C=O) groups excluding carboxylic acids is 1. The van der Waals surface area contributed by atoms with E-state index in [0.717, 1.165) is 12.0 Å². The maximum Gasteiger partial charge on any atom is 0.155 e. The number of ketones is 1. The Kier molecular flexibility index (Phi) is 5.11. The van der Waals surface area contributed by atoms with E-state index in [9.17, 15) is 4.79 Å². The molecule has 0 aromatic rings. The van der Waals surface area contributed by atoms with Crippen molar-refractivity contribution in [2.45, 2.75) is 54.4 Å². The highest BCUT2D eigenvalue weighted by Crippen LogP contribution is 2.26. The van der Waals surface area contributed by atoms with Crippen LogP contribution in [-0.2, 0) is 4.79 Å². The van der Waals surface area contributed by atoms with E-state index in [1.165, 1.54) is 6.42 Å². The van der Waals surface area contributed by atoms with Gasteiger partial charge in [-0.25, -0.2) is 0 Å². The van der Waals surface area contributed by atoms with Crippen molar-refractivity contribution in [1.29, 1.82) is 0 Å². The van der Waals surface area contributed by atoms with Gasteiger partial charge in [0.15, 0.2) is 5.78 Å². The summed E-state index contributed by atoms with van der Waals surface area (Å²) in [6.07, 6.45) is 4.29. The summed E-state index contributed by atoms with van der Waals surface area (Å²) in [6, 6.07) is 0. The van der Waals surface area contributed by atoms with E-state index in [2.05, 4.69) is 33.8 Å². The Bertz CT molecular complexity index is 218. The summed E-state index contributed by atoms with van der Waals surface area (Å²) in [7, 11) is 0. The van der Waals surface area contributed by atoms with Gasteiger partial charge in [0.05, 0.1) is 0 Å². The zero-order chi connectivity index (χ0) is 11.4. The molecule has 1 heteroatoms. The van der Waals surface area contributed by atoms with Crippen molar-refractivity contribution in [3.05, 3.63) is 11.6 Å². The predicted octanol–water partition coefficient (Wildman–Crippen LogP) is 3.98. The largest absolute Gasteiger partial charge is 0.295 e. The second kappa shape index (κ2) is 5.33. The number of carbonyl (C=O) groups is 1. The van der Waals surface area contributed by atoms with Crippen LogP contribution in [-0.4, -0.2) is 5.78 Å². The molecule has 0 saturated heterocycles. The molecule has 0 fully saturated rings. The molecule has 0 radical (unpaired) electrons. The zero-order valence-corrected chi connectivity index (χ0v) is 10.5. The van der Waals surface area contributed by atoms with Crippen molar-refractivity contribution in [1.82, 2.24) is 0 Å². The van der Waals surface area contributed by atoms with E-state index in [-0.39, 0.29) is 5.78 Å². The molecule has 14 heavy (non-hydrogen) atoms. The van der Waals surface area contributed by atoms with Gasteiger partial charge in [0, 0.05) is 0 Å². The molecule has 0 aromatic heterocycles. The summed E-state index contributed by atoms with van der Waals surface area (Å²) < 4.78 is 0. The fourth-order valence-electron chi connectivity index (χ4n) is 1.65. The molecule has 0 aliphatic heterocycles. The molecule has 0 aromatic carbocycles. The first-order valence-corrected chi connectivity index (χ1v) is 5.40. The molecule has 0 heterocycles. The van der Waals surface area contributed by atoms with Crippen LogP contribution < -0.4 is 0 Å². The number of Topliss-reactive ketones (excluding diaryl/α,β-unsaturated/α-hetero) is 1. The van der Waals surface area contributed by atoms with Crippen LogP contribution in [0.1, 0.15) is 54.4 Å². The highest BCUT2D eigenvalue weighted by atomic mass is 16.1. The summed E-state index contributed by atoms with van der Waals surface area (Å²) in [5, 5.41) is 0. The highest BCUT2D eigenvalue weighted by Gasteiger charge is 2.14. The predicted molar refractivity (Wildman–Crippen MR) is 62.3 cm³/mol. The topological polar surface area (TPSA) is 17.1 Å². The fraction of sp³-hybridized carbons (Fsp3) is 0.769. The summed E-state index contributed by atoms with van der Waals surface area (Å²) in [6.45, 7) is 12.5. The summed E-state index contributed by atoms with van der Waals surface area (Å²) >= 11 is 0. The first-order chi connectivity index (χ1) is 6.22. The normalized spacial score (nSPS) is 15.4. The zero-order valence-electron chi connectivity index (χ0n) is 10.5. The molecule has 1 unspecified atom stereocenters. The molecular formula is C13H24O. The van der Waals surface area contributed by atoms with Crippen molar-refractivity contribution < 1.29 is 4.79 Å². The van der Waals surface area contributed by atoms with Gasteiger partial charge in [0.1, 0.15) is 0 Å². The highest BCUT2D eigenvalue weighted by molar-refractivity contribution is 5.92. The van der Waals surface area contributed by atoms with Gasteiger partial charge < -0.3 is 0 Å². The smallest absolute Gasteiger partial charge is 0.155 e. The van der Waals surface area contributed by atoms with Crippen molar-refractivity contribution >= 4 is 5.78 Å². The second-order valence-electron chi connectivity index (χ2n) is 5.55. The van der Waals surface area contributed by atoms with Gasteiger partial charge in [0.25, 0.3) is 0 Å². The van der Waals surface area contributed by atoms with Crippen LogP contribution in [0.4, 0.5) is 0 Å². The van der Waals surface area contributed by atoms with Crippen LogP contribution in [0.5, 0.6) is 0 Å². The second-order valence-corrected chi connectivity index (χ2v) is 5.55. The summed E-state index contributed by atoms with van der Waals surface area (Å²) in [5.41, 5.74) is 1.28. The molecule has 0 amide bonds. The Morgan fingerprint density at radius 2 is 1.79 bits per heavy atom. The Labute approximate surface area is 88.6 Å². The van der Waals surface area contributed by atoms with E-state index in [1.54, 1.807) is 6.92 Å². The molecule has 0 rings (SSSR count). The van der Waals surface area contributed by atoms with Crippen molar-refractivity contribution in [3.63, 3.8) is 0 Å². The average Bonchev–Trinajstić information content (AvgIpc) is 1.96. The lowest BCUT2D eigenvalue weighted by Gasteiger charge is -2.22. The van der Waals surface area contributed by atoms with Gasteiger partial charge in [-0.2, -0.15) is 0 Å². The molecule has 0 aliphatic carbocycles. The number of hydrogen-bond donors (Lipinski definition) is 0. The third-order valence-corrected chi connectivity index (χ3v) is 2.34. The number of allylic oxidation sites excluding steroid dienone is 2. The lowest BCUT2D eigenvalue weighted by Crippen LogP contribution is -2.10. The van der Waals surface area contributed by atoms with E-state index >= 15 is 0 Å². The first-order valence-electron chi connectivity index (χ1n) is 5.40. The van der Waals surface area contributed by atoms with Crippen molar-refractivity contribution in [2.24, 2.45) is 11.3 Å². The fourth-order valence-corrected chi connectivity index (χ4v) is 1.65. The van der Waals surface area contributed by atoms with Crippen LogP contribution >= 0.6 is 0 Å². The monoisotopic (exact) mass is 196 g/mol. The Hall–Kier alpha value is -0.590. The minimum Gasteiger partial charge on any atom is -0.295 e. The minimum atomic E-state index is 0.188. The Morgan fingerprint density at radius 3 is 2.14 bits per heavy atom. The van der Waals surface area contributed by atoms with Crippen LogP contribution in [0, 0.1) is 11.3 Å². The number of hydrogen-bond acceptors (Lipinski definition) is 1. The van der Waals surface area contributed by atoms with Gasteiger partial charge in [-0.15, -0.1) is 0 Å². The van der Waals surface area contributed by atoms with E-state index in [0.29, 0.717) is 11.3 Å². The molecule has 0 saturated carbocycles. The first kappa shape index (κ1) is 13.4. The quantitative estimate of drug-likeness (QED) is 0.621. The third kappa shape index (κ3) is 6.88. The van der Waals surface area contributed by atoms with Crippen LogP contribution in [0.25, 0.3) is 0 Å². The molecule has 0 bridgehead atoms. The van der Waals surface area contributed by atoms with E-state index in [1.807, 2.05) is 6.92 Å². The third-order valence-electron chi connectivity index (χ3n) is 2.34. The molecule has 0 N–H and O–H groups in total. The standard InChI is InChI=1S/C13H24O/c1-10(9-13(4,5)6)7-8-11(2)12(3)14/h8,10H,7,9H2,1-6H3. The lowest BCUT2D eigenvalue weighted by atomic mass is 9.84. The van der Waals surface area contributed by atoms with Gasteiger partial charge >= 0.3 is 0 Å². The van der Waals surface area contributed by atoms with Gasteiger partial charge in [0.2, 0.25) is 0 Å². The SMILES string of the molecule is CC(=O)C(C)=CCC(C)CC(C)(C)C. The summed E-state index contributed by atoms with van der Waals surface area (Å²) in [5.74, 6) is 0.845. The maximum absolute atomic E-state index is 11.0. The molecule has 1 atom stereocenters. The van der Waals surface area contributed by atoms with Gasteiger partial charge in [-0.3, -0.25) is 4.79 Å². The molecular weight excluding hydrogens is 172 g/mol. The average molecular weight is 196 g/mol. The van der Waals surface area contributed by atoms with E-state index < -0.39 is 0 Å². The van der Waals surface area contributed by atoms with Crippen LogP contribution in [0.15, 0.2) is 11.6 Å². The molecule has 82 valence electrons. The van der Waals surface area contributed by atoms with E-state index in [4.69, 9.17) is 0 Å². The molecule has 0 aliphatic rings. The molecule has 0 spiro atoms. The Morgan fingerprint density at radius 1 is 1.29 bits per heavy atom. The van der Waals surface area contributed by atoms with Crippen molar-refractivity contribution in [2.75, 3.05) is 0 Å².